The van der Waals surface area contributed by atoms with Crippen LogP contribution < -0.4 is 0 Å². The van der Waals surface area contributed by atoms with Gasteiger partial charge in [0.15, 0.2) is 5.82 Å². The molecule has 0 bridgehead atoms. The van der Waals surface area contributed by atoms with Gasteiger partial charge in [-0.05, 0) is 18.5 Å². The molecular formula is C12H15ClFNOS2. The first kappa shape index (κ1) is 15.7. The molecule has 1 aromatic rings. The second kappa shape index (κ2) is 6.17. The SMILES string of the molecule is CSC(=S)OC(c1cncc(F)c1Cl)C(C)(C)C. The average Bonchev–Trinajstić information content (AvgIpc) is 2.28. The van der Waals surface area contributed by atoms with Gasteiger partial charge in [-0.1, -0.05) is 44.1 Å². The quantitative estimate of drug-likeness (QED) is 0.743. The first-order chi connectivity index (χ1) is 8.27. The number of nitrogens with zero attached hydrogens (tertiary/aromatic N) is 1. The van der Waals surface area contributed by atoms with E-state index in [1.807, 2.05) is 27.0 Å². The molecule has 0 aliphatic heterocycles. The van der Waals surface area contributed by atoms with Gasteiger partial charge in [-0.3, -0.25) is 4.98 Å². The lowest BCUT2D eigenvalue weighted by Crippen LogP contribution is -2.23. The van der Waals surface area contributed by atoms with Crippen LogP contribution in [0.1, 0.15) is 32.4 Å². The van der Waals surface area contributed by atoms with Crippen LogP contribution in [0.4, 0.5) is 4.39 Å². The van der Waals surface area contributed by atoms with Crippen molar-refractivity contribution >= 4 is 40.0 Å². The fourth-order valence-corrected chi connectivity index (χ4v) is 1.95. The summed E-state index contributed by atoms with van der Waals surface area (Å²) in [6, 6.07) is 0. The van der Waals surface area contributed by atoms with Crippen LogP contribution in [0.25, 0.3) is 0 Å². The predicted molar refractivity (Wildman–Crippen MR) is 78.6 cm³/mol. The molecule has 6 heteroatoms. The second-order valence-electron chi connectivity index (χ2n) is 4.84. The van der Waals surface area contributed by atoms with Crippen molar-refractivity contribution in [1.29, 1.82) is 0 Å². The molecule has 0 saturated heterocycles. The number of ether oxygens (including phenoxy) is 1. The number of halogens is 2. The predicted octanol–water partition coefficient (Wildman–Crippen LogP) is 4.63. The van der Waals surface area contributed by atoms with Crippen molar-refractivity contribution in [3.8, 4) is 0 Å². The minimum atomic E-state index is -0.554. The highest BCUT2D eigenvalue weighted by atomic mass is 35.5. The zero-order valence-corrected chi connectivity index (χ0v) is 13.0. The number of thiocarbonyl (C=S) groups is 1. The van der Waals surface area contributed by atoms with E-state index in [1.165, 1.54) is 18.0 Å². The van der Waals surface area contributed by atoms with Crippen molar-refractivity contribution in [3.63, 3.8) is 0 Å². The second-order valence-corrected chi connectivity index (χ2v) is 6.63. The van der Waals surface area contributed by atoms with Gasteiger partial charge in [-0.25, -0.2) is 4.39 Å². The van der Waals surface area contributed by atoms with Crippen LogP contribution in [-0.2, 0) is 4.74 Å². The number of hydrogen-bond donors (Lipinski definition) is 0. The van der Waals surface area contributed by atoms with Gasteiger partial charge in [0.25, 0.3) is 0 Å². The Morgan fingerprint density at radius 1 is 1.50 bits per heavy atom. The largest absolute Gasteiger partial charge is 0.470 e. The van der Waals surface area contributed by atoms with Crippen LogP contribution in [-0.4, -0.2) is 15.6 Å². The molecule has 0 N–H and O–H groups in total. The maximum absolute atomic E-state index is 13.5. The van der Waals surface area contributed by atoms with Gasteiger partial charge in [0, 0.05) is 17.2 Å². The molecule has 0 amide bonds. The molecule has 0 saturated carbocycles. The van der Waals surface area contributed by atoms with Crippen molar-refractivity contribution in [3.05, 3.63) is 28.8 Å². The third-order valence-corrected chi connectivity index (χ3v) is 3.74. The summed E-state index contributed by atoms with van der Waals surface area (Å²) in [5.41, 5.74) is 0.236. The fraction of sp³-hybridized carbons (Fsp3) is 0.500. The van der Waals surface area contributed by atoms with Gasteiger partial charge in [0.1, 0.15) is 6.10 Å². The van der Waals surface area contributed by atoms with Crippen LogP contribution >= 0.6 is 35.6 Å². The third-order valence-electron chi connectivity index (χ3n) is 2.31. The Morgan fingerprint density at radius 3 is 2.61 bits per heavy atom. The van der Waals surface area contributed by atoms with Crippen molar-refractivity contribution in [2.75, 3.05) is 6.26 Å². The summed E-state index contributed by atoms with van der Waals surface area (Å²) in [6.45, 7) is 5.92. The lowest BCUT2D eigenvalue weighted by atomic mass is 9.85. The molecule has 18 heavy (non-hydrogen) atoms. The maximum atomic E-state index is 13.5. The minimum Gasteiger partial charge on any atom is -0.470 e. The Kier molecular flexibility index (Phi) is 5.37. The lowest BCUT2D eigenvalue weighted by molar-refractivity contribution is 0.0828. The molecule has 1 rings (SSSR count). The summed E-state index contributed by atoms with van der Waals surface area (Å²) in [5, 5.41) is 0.0360. The van der Waals surface area contributed by atoms with E-state index in [0.717, 1.165) is 6.20 Å². The normalized spacial score (nSPS) is 13.2. The molecule has 0 aliphatic carbocycles. The van der Waals surface area contributed by atoms with E-state index in [-0.39, 0.29) is 10.4 Å². The molecule has 1 atom stereocenters. The molecule has 0 radical (unpaired) electrons. The molecule has 2 nitrogen and oxygen atoms in total. The Bertz CT molecular complexity index is 448. The van der Waals surface area contributed by atoms with Crippen LogP contribution in [0.5, 0.6) is 0 Å². The molecular weight excluding hydrogens is 293 g/mol. The van der Waals surface area contributed by atoms with Crippen molar-refractivity contribution in [2.45, 2.75) is 26.9 Å². The fourth-order valence-electron chi connectivity index (χ4n) is 1.47. The standard InChI is InChI=1S/C12H15ClFNOS2/c1-12(2,3)10(16-11(17)18-4)7-5-15-6-8(14)9(7)13/h5-6,10H,1-4H3. The molecule has 0 aliphatic rings. The summed E-state index contributed by atoms with van der Waals surface area (Å²) in [5.74, 6) is -0.554. The average molecular weight is 308 g/mol. The molecule has 0 aromatic carbocycles. The van der Waals surface area contributed by atoms with E-state index < -0.39 is 11.9 Å². The highest BCUT2D eigenvalue weighted by molar-refractivity contribution is 8.22. The van der Waals surface area contributed by atoms with Gasteiger partial charge in [0.2, 0.25) is 4.38 Å². The zero-order valence-electron chi connectivity index (χ0n) is 10.7. The summed E-state index contributed by atoms with van der Waals surface area (Å²) < 4.78 is 19.5. The number of aromatic nitrogens is 1. The van der Waals surface area contributed by atoms with E-state index in [9.17, 15) is 4.39 Å². The smallest absolute Gasteiger partial charge is 0.220 e. The molecule has 1 aromatic heterocycles. The Morgan fingerprint density at radius 2 is 2.11 bits per heavy atom. The summed E-state index contributed by atoms with van der Waals surface area (Å²) >= 11 is 12.4. The summed E-state index contributed by atoms with van der Waals surface area (Å²) in [6.07, 6.45) is 3.99. The third kappa shape index (κ3) is 3.80. The Hall–Kier alpha value is -0.390. The topological polar surface area (TPSA) is 22.1 Å². The number of rotatable bonds is 2. The molecule has 0 fully saturated rings. The number of pyridine rings is 1. The van der Waals surface area contributed by atoms with Crippen LogP contribution in [0.2, 0.25) is 5.02 Å². The Balaban J connectivity index is 3.18. The highest BCUT2D eigenvalue weighted by Gasteiger charge is 2.31. The van der Waals surface area contributed by atoms with Gasteiger partial charge in [0.05, 0.1) is 11.2 Å². The van der Waals surface area contributed by atoms with E-state index in [4.69, 9.17) is 28.6 Å². The molecule has 1 unspecified atom stereocenters. The number of thioether (sulfide) groups is 1. The molecule has 0 spiro atoms. The first-order valence-electron chi connectivity index (χ1n) is 5.31. The van der Waals surface area contributed by atoms with Crippen molar-refractivity contribution < 1.29 is 9.13 Å². The van der Waals surface area contributed by atoms with Gasteiger partial charge >= 0.3 is 0 Å². The van der Waals surface area contributed by atoms with Gasteiger partial charge < -0.3 is 4.74 Å². The summed E-state index contributed by atoms with van der Waals surface area (Å²) in [7, 11) is 0. The molecule has 100 valence electrons. The molecule has 1 heterocycles. The monoisotopic (exact) mass is 307 g/mol. The van der Waals surface area contributed by atoms with E-state index >= 15 is 0 Å². The highest BCUT2D eigenvalue weighted by Crippen LogP contribution is 2.40. The lowest BCUT2D eigenvalue weighted by Gasteiger charge is -2.31. The number of hydrogen-bond acceptors (Lipinski definition) is 4. The Labute approximate surface area is 121 Å². The van der Waals surface area contributed by atoms with Gasteiger partial charge in [-0.2, -0.15) is 0 Å². The zero-order chi connectivity index (χ0) is 13.9. The maximum Gasteiger partial charge on any atom is 0.220 e. The van der Waals surface area contributed by atoms with E-state index in [2.05, 4.69) is 4.98 Å². The van der Waals surface area contributed by atoms with Crippen LogP contribution in [0, 0.1) is 11.2 Å². The van der Waals surface area contributed by atoms with Crippen molar-refractivity contribution in [2.24, 2.45) is 5.41 Å². The minimum absolute atomic E-state index is 0.0360. The first-order valence-corrected chi connectivity index (χ1v) is 7.32. The van der Waals surface area contributed by atoms with Crippen LogP contribution in [0.3, 0.4) is 0 Å². The van der Waals surface area contributed by atoms with Gasteiger partial charge in [-0.15, -0.1) is 0 Å². The van der Waals surface area contributed by atoms with E-state index in [1.54, 1.807) is 0 Å². The summed E-state index contributed by atoms with van der Waals surface area (Å²) in [4.78, 5) is 3.82. The van der Waals surface area contributed by atoms with Crippen LogP contribution in [0.15, 0.2) is 12.4 Å². The van der Waals surface area contributed by atoms with Crippen molar-refractivity contribution in [1.82, 2.24) is 4.98 Å². The van der Waals surface area contributed by atoms with E-state index in [0.29, 0.717) is 9.95 Å².